The van der Waals surface area contributed by atoms with E-state index in [0.29, 0.717) is 5.56 Å². The maximum Gasteiger partial charge on any atom is 0.337 e. The van der Waals surface area contributed by atoms with Crippen LogP contribution in [0.5, 0.6) is 0 Å². The molecule has 2 aromatic rings. The Morgan fingerprint density at radius 1 is 1.06 bits per heavy atom. The molecule has 2 nitrogen and oxygen atoms in total. The molecule has 0 aliphatic heterocycles. The van der Waals surface area contributed by atoms with Gasteiger partial charge in [0.15, 0.2) is 0 Å². The zero-order valence-electron chi connectivity index (χ0n) is 9.31. The largest absolute Gasteiger partial charge is 0.465 e. The van der Waals surface area contributed by atoms with Crippen LogP contribution in [0.1, 0.15) is 10.4 Å². The van der Waals surface area contributed by atoms with Crippen LogP contribution in [0.3, 0.4) is 0 Å². The lowest BCUT2D eigenvalue weighted by atomic mass is 10.0. The molecule has 2 rings (SSSR count). The van der Waals surface area contributed by atoms with Crippen LogP contribution in [0.2, 0.25) is 0 Å². The van der Waals surface area contributed by atoms with Crippen LogP contribution in [0.15, 0.2) is 53.0 Å². The number of hydrogen-bond donors (Lipinski definition) is 0. The molecule has 0 fully saturated rings. The number of ether oxygens (including phenoxy) is 1. The van der Waals surface area contributed by atoms with Crippen molar-refractivity contribution >= 4 is 21.9 Å². The Morgan fingerprint density at radius 3 is 2.29 bits per heavy atom. The Hall–Kier alpha value is -1.61. The molecule has 0 saturated heterocycles. The molecule has 17 heavy (non-hydrogen) atoms. The molecule has 0 aromatic heterocycles. The van der Waals surface area contributed by atoms with Gasteiger partial charge in [-0.05, 0) is 29.3 Å². The summed E-state index contributed by atoms with van der Waals surface area (Å²) in [6.45, 7) is 0. The fourth-order valence-corrected chi connectivity index (χ4v) is 2.11. The van der Waals surface area contributed by atoms with Crippen molar-refractivity contribution < 1.29 is 9.53 Å². The highest BCUT2D eigenvalue weighted by atomic mass is 79.9. The van der Waals surface area contributed by atoms with Gasteiger partial charge in [0.1, 0.15) is 0 Å². The molecule has 0 heterocycles. The first-order chi connectivity index (χ1) is 8.22. The predicted octanol–water partition coefficient (Wildman–Crippen LogP) is 3.90. The molecule has 0 radical (unpaired) electrons. The minimum absolute atomic E-state index is 0.316. The van der Waals surface area contributed by atoms with Crippen molar-refractivity contribution in [2.45, 2.75) is 0 Å². The quantitative estimate of drug-likeness (QED) is 0.784. The summed E-state index contributed by atoms with van der Waals surface area (Å²) in [5, 5.41) is 0. The number of methoxy groups -OCH3 is 1. The number of carbonyl (C=O) groups excluding carboxylic acids is 1. The average Bonchev–Trinajstić information content (AvgIpc) is 2.39. The average molecular weight is 291 g/mol. The lowest BCUT2D eigenvalue weighted by Crippen LogP contribution is -2.00. The van der Waals surface area contributed by atoms with Gasteiger partial charge in [0.2, 0.25) is 0 Å². The summed E-state index contributed by atoms with van der Waals surface area (Å²) in [6, 6.07) is 15.3. The third-order valence-electron chi connectivity index (χ3n) is 2.49. The van der Waals surface area contributed by atoms with E-state index in [1.807, 2.05) is 36.4 Å². The van der Waals surface area contributed by atoms with Crippen molar-refractivity contribution in [2.75, 3.05) is 7.11 Å². The fourth-order valence-electron chi connectivity index (χ4n) is 1.60. The normalized spacial score (nSPS) is 10.0. The van der Waals surface area contributed by atoms with Crippen molar-refractivity contribution in [3.05, 3.63) is 58.6 Å². The Kier molecular flexibility index (Phi) is 3.59. The minimum Gasteiger partial charge on any atom is -0.465 e. The minimum atomic E-state index is -0.316. The molecule has 0 atom stereocenters. The maximum absolute atomic E-state index is 11.3. The van der Waals surface area contributed by atoms with Crippen LogP contribution in [-0.2, 0) is 4.74 Å². The molecule has 86 valence electrons. The van der Waals surface area contributed by atoms with E-state index in [1.165, 1.54) is 7.11 Å². The monoisotopic (exact) mass is 290 g/mol. The summed E-state index contributed by atoms with van der Waals surface area (Å²) in [5.41, 5.74) is 2.72. The topological polar surface area (TPSA) is 26.3 Å². The van der Waals surface area contributed by atoms with Gasteiger partial charge in [-0.2, -0.15) is 0 Å². The van der Waals surface area contributed by atoms with E-state index in [0.717, 1.165) is 15.6 Å². The van der Waals surface area contributed by atoms with Crippen molar-refractivity contribution in [2.24, 2.45) is 0 Å². The fraction of sp³-hybridized carbons (Fsp3) is 0.0714. The van der Waals surface area contributed by atoms with Crippen LogP contribution in [0.25, 0.3) is 11.1 Å². The van der Waals surface area contributed by atoms with E-state index in [2.05, 4.69) is 20.7 Å². The molecule has 0 amide bonds. The third-order valence-corrected chi connectivity index (χ3v) is 3.18. The van der Waals surface area contributed by atoms with Crippen LogP contribution in [-0.4, -0.2) is 13.1 Å². The molecule has 0 unspecified atom stereocenters. The number of rotatable bonds is 2. The number of carbonyl (C=O) groups is 1. The van der Waals surface area contributed by atoms with Gasteiger partial charge in [-0.1, -0.05) is 46.3 Å². The Morgan fingerprint density at radius 2 is 1.71 bits per heavy atom. The second-order valence-electron chi connectivity index (χ2n) is 3.55. The first kappa shape index (κ1) is 11.9. The lowest BCUT2D eigenvalue weighted by molar-refractivity contribution is 0.0601. The van der Waals surface area contributed by atoms with Crippen molar-refractivity contribution in [3.8, 4) is 11.1 Å². The van der Waals surface area contributed by atoms with Gasteiger partial charge in [0, 0.05) is 4.47 Å². The summed E-state index contributed by atoms with van der Waals surface area (Å²) in [6.07, 6.45) is 0. The summed E-state index contributed by atoms with van der Waals surface area (Å²) < 4.78 is 5.69. The molecule has 2 aromatic carbocycles. The van der Waals surface area contributed by atoms with Gasteiger partial charge >= 0.3 is 5.97 Å². The highest BCUT2D eigenvalue weighted by Crippen LogP contribution is 2.27. The van der Waals surface area contributed by atoms with Crippen LogP contribution in [0.4, 0.5) is 0 Å². The lowest BCUT2D eigenvalue weighted by Gasteiger charge is -2.05. The van der Waals surface area contributed by atoms with E-state index < -0.39 is 0 Å². The molecule has 3 heteroatoms. The number of halogens is 1. The Bertz CT molecular complexity index is 532. The van der Waals surface area contributed by atoms with E-state index >= 15 is 0 Å². The smallest absolute Gasteiger partial charge is 0.337 e. The van der Waals surface area contributed by atoms with E-state index in [9.17, 15) is 4.79 Å². The highest BCUT2D eigenvalue weighted by molar-refractivity contribution is 9.10. The zero-order chi connectivity index (χ0) is 12.3. The van der Waals surface area contributed by atoms with Gasteiger partial charge in [-0.3, -0.25) is 0 Å². The molecular formula is C14H11BrO2. The highest BCUT2D eigenvalue weighted by Gasteiger charge is 2.06. The van der Waals surface area contributed by atoms with Crippen LogP contribution >= 0.6 is 15.9 Å². The number of hydrogen-bond acceptors (Lipinski definition) is 2. The maximum atomic E-state index is 11.3. The summed E-state index contributed by atoms with van der Waals surface area (Å²) in [7, 11) is 1.38. The van der Waals surface area contributed by atoms with E-state index in [-0.39, 0.29) is 5.97 Å². The molecule has 0 aliphatic carbocycles. The van der Waals surface area contributed by atoms with Gasteiger partial charge in [0.25, 0.3) is 0 Å². The molecule has 0 aliphatic rings. The van der Waals surface area contributed by atoms with Crippen LogP contribution < -0.4 is 0 Å². The second-order valence-corrected chi connectivity index (χ2v) is 4.40. The summed E-state index contributed by atoms with van der Waals surface area (Å²) in [5.74, 6) is -0.316. The molecule has 0 bridgehead atoms. The second kappa shape index (κ2) is 5.15. The van der Waals surface area contributed by atoms with Crippen molar-refractivity contribution in [1.29, 1.82) is 0 Å². The summed E-state index contributed by atoms with van der Waals surface area (Å²) in [4.78, 5) is 11.3. The standard InChI is InChI=1S/C14H11BrO2/c1-17-14(16)11-8-6-10(7-9-11)12-4-2-3-5-13(12)15/h2-9H,1H3. The van der Waals surface area contributed by atoms with Gasteiger partial charge in [0.05, 0.1) is 12.7 Å². The Balaban J connectivity index is 2.36. The zero-order valence-corrected chi connectivity index (χ0v) is 10.9. The van der Waals surface area contributed by atoms with Gasteiger partial charge in [-0.15, -0.1) is 0 Å². The summed E-state index contributed by atoms with van der Waals surface area (Å²) >= 11 is 3.50. The molecule has 0 saturated carbocycles. The van der Waals surface area contributed by atoms with E-state index in [1.54, 1.807) is 12.1 Å². The predicted molar refractivity (Wildman–Crippen MR) is 70.9 cm³/mol. The van der Waals surface area contributed by atoms with Crippen LogP contribution in [0, 0.1) is 0 Å². The molecular weight excluding hydrogens is 280 g/mol. The molecule has 0 spiro atoms. The Labute approximate surface area is 108 Å². The van der Waals surface area contributed by atoms with Crippen molar-refractivity contribution in [1.82, 2.24) is 0 Å². The third kappa shape index (κ3) is 2.56. The van der Waals surface area contributed by atoms with Gasteiger partial charge < -0.3 is 4.74 Å². The van der Waals surface area contributed by atoms with Crippen molar-refractivity contribution in [3.63, 3.8) is 0 Å². The molecule has 0 N–H and O–H groups in total. The number of benzene rings is 2. The first-order valence-corrected chi connectivity index (χ1v) is 5.95. The SMILES string of the molecule is COC(=O)c1ccc(-c2ccccc2Br)cc1. The van der Waals surface area contributed by atoms with E-state index in [4.69, 9.17) is 0 Å². The van der Waals surface area contributed by atoms with Gasteiger partial charge in [-0.25, -0.2) is 4.79 Å². The number of esters is 1. The first-order valence-electron chi connectivity index (χ1n) is 5.15.